The standard InChI is InChI=1S/C16H11ClN4O4/c17-13-8-10(21(23)24)3-5-12(13)15-6-4-11(25-15)9-19-20-16(22)14-2-1-7-18-14/h1-9,18H,(H,20,22)/b19-9-. The van der Waals surface area contributed by atoms with Gasteiger partial charge in [0.25, 0.3) is 11.6 Å². The molecule has 0 saturated carbocycles. The molecule has 2 aromatic heterocycles. The normalized spacial score (nSPS) is 10.9. The third-order valence-electron chi connectivity index (χ3n) is 3.26. The number of hydrazone groups is 1. The number of furan rings is 1. The second-order valence-corrected chi connectivity index (χ2v) is 5.31. The number of nitro groups is 1. The molecule has 8 nitrogen and oxygen atoms in total. The molecule has 3 aromatic rings. The van der Waals surface area contributed by atoms with Gasteiger partial charge in [-0.15, -0.1) is 0 Å². The van der Waals surface area contributed by atoms with Gasteiger partial charge in [-0.1, -0.05) is 11.6 Å². The first kappa shape index (κ1) is 16.5. The van der Waals surface area contributed by atoms with Gasteiger partial charge < -0.3 is 9.40 Å². The summed E-state index contributed by atoms with van der Waals surface area (Å²) in [6.45, 7) is 0. The van der Waals surface area contributed by atoms with Crippen molar-refractivity contribution in [2.45, 2.75) is 0 Å². The number of H-pyrrole nitrogens is 1. The van der Waals surface area contributed by atoms with Crippen molar-refractivity contribution in [2.24, 2.45) is 5.10 Å². The molecule has 0 aliphatic rings. The maximum Gasteiger partial charge on any atom is 0.287 e. The van der Waals surface area contributed by atoms with Gasteiger partial charge in [0.15, 0.2) is 0 Å². The number of hydrogen-bond donors (Lipinski definition) is 2. The molecule has 3 rings (SSSR count). The number of halogens is 1. The molecule has 1 aromatic carbocycles. The lowest BCUT2D eigenvalue weighted by Gasteiger charge is -2.00. The molecule has 126 valence electrons. The van der Waals surface area contributed by atoms with Crippen LogP contribution in [0.5, 0.6) is 0 Å². The minimum Gasteiger partial charge on any atom is -0.455 e. The average Bonchev–Trinajstić information content (AvgIpc) is 3.26. The number of carbonyl (C=O) groups is 1. The maximum atomic E-state index is 11.7. The SMILES string of the molecule is O=C(N/N=C\c1ccc(-c2ccc([N+](=O)[O-])cc2Cl)o1)c1ccc[nH]1. The first-order chi connectivity index (χ1) is 12.0. The van der Waals surface area contributed by atoms with E-state index in [1.54, 1.807) is 30.5 Å². The number of carbonyl (C=O) groups excluding carboxylic acids is 1. The van der Waals surface area contributed by atoms with Crippen LogP contribution in [0.2, 0.25) is 5.02 Å². The van der Waals surface area contributed by atoms with Gasteiger partial charge in [-0.3, -0.25) is 14.9 Å². The summed E-state index contributed by atoms with van der Waals surface area (Å²) in [4.78, 5) is 24.7. The van der Waals surface area contributed by atoms with E-state index < -0.39 is 4.92 Å². The number of nitrogens with one attached hydrogen (secondary N) is 2. The van der Waals surface area contributed by atoms with Crippen LogP contribution in [0.1, 0.15) is 16.2 Å². The molecule has 2 N–H and O–H groups in total. The highest BCUT2D eigenvalue weighted by molar-refractivity contribution is 6.33. The first-order valence-corrected chi connectivity index (χ1v) is 7.43. The molecule has 0 atom stereocenters. The van der Waals surface area contributed by atoms with Gasteiger partial charge in [0.05, 0.1) is 16.2 Å². The third kappa shape index (κ3) is 3.75. The largest absolute Gasteiger partial charge is 0.455 e. The Bertz CT molecular complexity index is 947. The molecule has 0 spiro atoms. The number of aromatic amines is 1. The molecule has 0 radical (unpaired) electrons. The summed E-state index contributed by atoms with van der Waals surface area (Å²) < 4.78 is 5.56. The Labute approximate surface area is 146 Å². The number of benzene rings is 1. The van der Waals surface area contributed by atoms with E-state index in [1.807, 2.05) is 0 Å². The van der Waals surface area contributed by atoms with Gasteiger partial charge in [0.2, 0.25) is 0 Å². The predicted molar refractivity (Wildman–Crippen MR) is 91.7 cm³/mol. The van der Waals surface area contributed by atoms with E-state index in [0.717, 1.165) is 0 Å². The molecular weight excluding hydrogens is 348 g/mol. The number of amides is 1. The van der Waals surface area contributed by atoms with Crippen molar-refractivity contribution in [3.8, 4) is 11.3 Å². The lowest BCUT2D eigenvalue weighted by Crippen LogP contribution is -2.17. The number of non-ortho nitro benzene ring substituents is 1. The van der Waals surface area contributed by atoms with Crippen LogP contribution < -0.4 is 5.43 Å². The quantitative estimate of drug-likeness (QED) is 0.412. The Morgan fingerprint density at radius 3 is 2.84 bits per heavy atom. The summed E-state index contributed by atoms with van der Waals surface area (Å²) in [7, 11) is 0. The van der Waals surface area contributed by atoms with E-state index in [1.165, 1.54) is 24.4 Å². The van der Waals surface area contributed by atoms with Crippen LogP contribution >= 0.6 is 11.6 Å². The zero-order valence-corrected chi connectivity index (χ0v) is 13.4. The highest BCUT2D eigenvalue weighted by Crippen LogP contribution is 2.31. The fraction of sp³-hybridized carbons (Fsp3) is 0. The molecule has 0 saturated heterocycles. The first-order valence-electron chi connectivity index (χ1n) is 7.05. The van der Waals surface area contributed by atoms with Crippen molar-refractivity contribution < 1.29 is 14.1 Å². The number of aromatic nitrogens is 1. The lowest BCUT2D eigenvalue weighted by molar-refractivity contribution is -0.384. The van der Waals surface area contributed by atoms with Crippen LogP contribution in [0.25, 0.3) is 11.3 Å². The number of hydrogen-bond acceptors (Lipinski definition) is 5. The van der Waals surface area contributed by atoms with Gasteiger partial charge in [0, 0.05) is 23.9 Å². The van der Waals surface area contributed by atoms with Crippen molar-refractivity contribution >= 4 is 29.4 Å². The average molecular weight is 359 g/mol. The number of rotatable bonds is 5. The lowest BCUT2D eigenvalue weighted by atomic mass is 10.1. The summed E-state index contributed by atoms with van der Waals surface area (Å²) >= 11 is 6.06. The monoisotopic (exact) mass is 358 g/mol. The van der Waals surface area contributed by atoms with Gasteiger partial charge >= 0.3 is 0 Å². The minimum atomic E-state index is -0.525. The third-order valence-corrected chi connectivity index (χ3v) is 3.57. The van der Waals surface area contributed by atoms with Crippen molar-refractivity contribution in [1.29, 1.82) is 0 Å². The van der Waals surface area contributed by atoms with Crippen LogP contribution in [0.15, 0.2) is 58.2 Å². The van der Waals surface area contributed by atoms with E-state index >= 15 is 0 Å². The fourth-order valence-electron chi connectivity index (χ4n) is 2.07. The highest BCUT2D eigenvalue weighted by Gasteiger charge is 2.13. The summed E-state index contributed by atoms with van der Waals surface area (Å²) in [5, 5.41) is 14.7. The Balaban J connectivity index is 1.71. The Hall–Kier alpha value is -3.39. The van der Waals surface area contributed by atoms with Crippen molar-refractivity contribution in [1.82, 2.24) is 10.4 Å². The van der Waals surface area contributed by atoms with Crippen LogP contribution in [0, 0.1) is 10.1 Å². The van der Waals surface area contributed by atoms with Crippen LogP contribution in [0.3, 0.4) is 0 Å². The molecule has 2 heterocycles. The number of nitrogens with zero attached hydrogens (tertiary/aromatic N) is 2. The molecule has 9 heteroatoms. The van der Waals surface area contributed by atoms with Gasteiger partial charge in [-0.05, 0) is 30.3 Å². The zero-order chi connectivity index (χ0) is 17.8. The molecule has 0 fully saturated rings. The van der Waals surface area contributed by atoms with Crippen molar-refractivity contribution in [3.63, 3.8) is 0 Å². The topological polar surface area (TPSA) is 114 Å². The molecule has 0 bridgehead atoms. The van der Waals surface area contributed by atoms with Gasteiger partial charge in [-0.2, -0.15) is 5.10 Å². The summed E-state index contributed by atoms with van der Waals surface area (Å²) in [6.07, 6.45) is 2.97. The second kappa shape index (κ2) is 7.02. The Kier molecular flexibility index (Phi) is 4.62. The molecule has 1 amide bonds. The maximum absolute atomic E-state index is 11.7. The minimum absolute atomic E-state index is 0.103. The van der Waals surface area contributed by atoms with Crippen LogP contribution in [0.4, 0.5) is 5.69 Å². The van der Waals surface area contributed by atoms with E-state index in [-0.39, 0.29) is 16.6 Å². The van der Waals surface area contributed by atoms with Crippen LogP contribution in [-0.4, -0.2) is 22.0 Å². The van der Waals surface area contributed by atoms with E-state index in [0.29, 0.717) is 22.8 Å². The highest BCUT2D eigenvalue weighted by atomic mass is 35.5. The zero-order valence-electron chi connectivity index (χ0n) is 12.6. The van der Waals surface area contributed by atoms with Gasteiger partial charge in [0.1, 0.15) is 17.2 Å². The summed E-state index contributed by atoms with van der Waals surface area (Å²) in [5.74, 6) is 0.430. The Morgan fingerprint density at radius 1 is 1.32 bits per heavy atom. The van der Waals surface area contributed by atoms with E-state index in [9.17, 15) is 14.9 Å². The van der Waals surface area contributed by atoms with E-state index in [2.05, 4.69) is 15.5 Å². The molecule has 0 unspecified atom stereocenters. The molecule has 0 aliphatic heterocycles. The molecule has 0 aliphatic carbocycles. The smallest absolute Gasteiger partial charge is 0.287 e. The van der Waals surface area contributed by atoms with Crippen molar-refractivity contribution in [2.75, 3.05) is 0 Å². The van der Waals surface area contributed by atoms with Crippen molar-refractivity contribution in [3.05, 3.63) is 75.3 Å². The second-order valence-electron chi connectivity index (χ2n) is 4.91. The molecular formula is C16H11ClN4O4. The fourth-order valence-corrected chi connectivity index (χ4v) is 2.34. The number of nitro benzene ring substituents is 1. The molecule has 25 heavy (non-hydrogen) atoms. The summed E-state index contributed by atoms with van der Waals surface area (Å²) in [6, 6.07) is 10.7. The Morgan fingerprint density at radius 2 is 2.16 bits per heavy atom. The van der Waals surface area contributed by atoms with Crippen LogP contribution in [-0.2, 0) is 0 Å². The predicted octanol–water partition coefficient (Wildman–Crippen LogP) is 3.60. The summed E-state index contributed by atoms with van der Waals surface area (Å²) in [5.41, 5.74) is 3.15. The van der Waals surface area contributed by atoms with E-state index in [4.69, 9.17) is 16.0 Å². The van der Waals surface area contributed by atoms with Gasteiger partial charge in [-0.25, -0.2) is 5.43 Å².